The molecular formula is C14H19BrN4O4. The van der Waals surface area contributed by atoms with Gasteiger partial charge < -0.3 is 25.0 Å². The third-order valence-corrected chi connectivity index (χ3v) is 3.97. The van der Waals surface area contributed by atoms with E-state index in [1.807, 2.05) is 0 Å². The molecule has 1 aromatic rings. The predicted molar refractivity (Wildman–Crippen MR) is 88.9 cm³/mol. The second-order valence-electron chi connectivity index (χ2n) is 5.12. The molecule has 2 rings (SSSR count). The van der Waals surface area contributed by atoms with Gasteiger partial charge in [-0.05, 0) is 22.0 Å². The monoisotopic (exact) mass is 386 g/mol. The normalized spacial score (nSPS) is 14.4. The SMILES string of the molecule is CN(CCC(=O)O)C(=O)Nc1cnc(N2CCOCC2)c(Br)c1. The van der Waals surface area contributed by atoms with Gasteiger partial charge in [0.2, 0.25) is 0 Å². The van der Waals surface area contributed by atoms with Crippen molar-refractivity contribution in [3.05, 3.63) is 16.7 Å². The Morgan fingerprint density at radius 3 is 2.78 bits per heavy atom. The van der Waals surface area contributed by atoms with Gasteiger partial charge in [-0.25, -0.2) is 9.78 Å². The number of aliphatic carboxylic acids is 1. The molecule has 1 saturated heterocycles. The fraction of sp³-hybridized carbons (Fsp3) is 0.500. The van der Waals surface area contributed by atoms with Crippen molar-refractivity contribution in [3.63, 3.8) is 0 Å². The highest BCUT2D eigenvalue weighted by molar-refractivity contribution is 9.10. The maximum absolute atomic E-state index is 12.0. The number of carboxylic acids is 1. The van der Waals surface area contributed by atoms with Gasteiger partial charge in [-0.2, -0.15) is 0 Å². The average Bonchev–Trinajstić information content (AvgIpc) is 2.53. The van der Waals surface area contributed by atoms with Crippen LogP contribution in [0.2, 0.25) is 0 Å². The number of morpholine rings is 1. The van der Waals surface area contributed by atoms with Gasteiger partial charge in [0.25, 0.3) is 0 Å². The maximum atomic E-state index is 12.0. The Balaban J connectivity index is 1.96. The molecule has 1 fully saturated rings. The summed E-state index contributed by atoms with van der Waals surface area (Å²) in [6, 6.07) is 1.40. The van der Waals surface area contributed by atoms with E-state index in [2.05, 4.69) is 31.1 Å². The zero-order chi connectivity index (χ0) is 16.8. The van der Waals surface area contributed by atoms with Crippen LogP contribution in [-0.4, -0.2) is 66.9 Å². The number of urea groups is 1. The van der Waals surface area contributed by atoms with Crippen LogP contribution < -0.4 is 10.2 Å². The molecule has 0 atom stereocenters. The lowest BCUT2D eigenvalue weighted by atomic mass is 10.3. The van der Waals surface area contributed by atoms with E-state index in [1.165, 1.54) is 4.90 Å². The summed E-state index contributed by atoms with van der Waals surface area (Å²) in [5, 5.41) is 11.3. The zero-order valence-corrected chi connectivity index (χ0v) is 14.4. The number of hydrogen-bond acceptors (Lipinski definition) is 5. The lowest BCUT2D eigenvalue weighted by molar-refractivity contribution is -0.137. The molecule has 0 saturated carbocycles. The van der Waals surface area contributed by atoms with Gasteiger partial charge in [0.05, 0.1) is 36.0 Å². The fourth-order valence-electron chi connectivity index (χ4n) is 2.09. The molecule has 0 aromatic carbocycles. The van der Waals surface area contributed by atoms with Crippen molar-refractivity contribution >= 4 is 39.4 Å². The molecule has 0 spiro atoms. The predicted octanol–water partition coefficient (Wildman–Crippen LogP) is 1.62. The number of pyridine rings is 1. The quantitative estimate of drug-likeness (QED) is 0.798. The number of aromatic nitrogens is 1. The number of carboxylic acid groups (broad SMARTS) is 1. The van der Waals surface area contributed by atoms with Gasteiger partial charge >= 0.3 is 12.0 Å². The lowest BCUT2D eigenvalue weighted by Gasteiger charge is -2.28. The number of halogens is 1. The first-order valence-corrected chi connectivity index (χ1v) is 7.99. The second-order valence-corrected chi connectivity index (χ2v) is 5.98. The Morgan fingerprint density at radius 2 is 2.17 bits per heavy atom. The van der Waals surface area contributed by atoms with Gasteiger partial charge in [0.1, 0.15) is 5.82 Å². The highest BCUT2D eigenvalue weighted by Gasteiger charge is 2.16. The molecule has 1 aliphatic heterocycles. The molecule has 2 amide bonds. The minimum atomic E-state index is -0.941. The first-order chi connectivity index (χ1) is 11.0. The summed E-state index contributed by atoms with van der Waals surface area (Å²) in [6.45, 7) is 3.02. The lowest BCUT2D eigenvalue weighted by Crippen LogP contribution is -2.37. The van der Waals surface area contributed by atoms with E-state index in [9.17, 15) is 9.59 Å². The molecule has 23 heavy (non-hydrogen) atoms. The van der Waals surface area contributed by atoms with Crippen molar-refractivity contribution < 1.29 is 19.4 Å². The van der Waals surface area contributed by atoms with Crippen LogP contribution in [-0.2, 0) is 9.53 Å². The molecule has 0 unspecified atom stereocenters. The molecule has 0 aliphatic carbocycles. The Hall–Kier alpha value is -1.87. The van der Waals surface area contributed by atoms with Crippen LogP contribution in [0.1, 0.15) is 6.42 Å². The summed E-state index contributed by atoms with van der Waals surface area (Å²) < 4.78 is 6.10. The van der Waals surface area contributed by atoms with Crippen LogP contribution in [0.25, 0.3) is 0 Å². The van der Waals surface area contributed by atoms with Crippen molar-refractivity contribution in [1.82, 2.24) is 9.88 Å². The van der Waals surface area contributed by atoms with Crippen molar-refractivity contribution in [3.8, 4) is 0 Å². The summed E-state index contributed by atoms with van der Waals surface area (Å²) >= 11 is 3.47. The Labute approximate surface area is 142 Å². The van der Waals surface area contributed by atoms with Gasteiger partial charge in [-0.3, -0.25) is 4.79 Å². The van der Waals surface area contributed by atoms with Crippen molar-refractivity contribution in [2.75, 3.05) is 50.1 Å². The molecule has 1 aromatic heterocycles. The minimum Gasteiger partial charge on any atom is -0.481 e. The average molecular weight is 387 g/mol. The van der Waals surface area contributed by atoms with E-state index in [0.717, 1.165) is 23.4 Å². The molecule has 126 valence electrons. The van der Waals surface area contributed by atoms with E-state index in [0.29, 0.717) is 18.9 Å². The number of carbonyl (C=O) groups is 2. The van der Waals surface area contributed by atoms with Crippen LogP contribution in [0, 0.1) is 0 Å². The van der Waals surface area contributed by atoms with Crippen LogP contribution >= 0.6 is 15.9 Å². The first kappa shape index (κ1) is 17.5. The Bertz CT molecular complexity index is 578. The van der Waals surface area contributed by atoms with Crippen LogP contribution in [0.4, 0.5) is 16.3 Å². The number of ether oxygens (including phenoxy) is 1. The highest BCUT2D eigenvalue weighted by atomic mass is 79.9. The van der Waals surface area contributed by atoms with Crippen LogP contribution in [0.15, 0.2) is 16.7 Å². The smallest absolute Gasteiger partial charge is 0.321 e. The molecule has 0 radical (unpaired) electrons. The third-order valence-electron chi connectivity index (χ3n) is 3.39. The summed E-state index contributed by atoms with van der Waals surface area (Å²) in [4.78, 5) is 30.3. The Morgan fingerprint density at radius 1 is 1.48 bits per heavy atom. The number of nitrogens with zero attached hydrogens (tertiary/aromatic N) is 3. The number of carbonyl (C=O) groups excluding carboxylic acids is 1. The number of hydrogen-bond donors (Lipinski definition) is 2. The highest BCUT2D eigenvalue weighted by Crippen LogP contribution is 2.27. The van der Waals surface area contributed by atoms with Gasteiger partial charge in [-0.1, -0.05) is 0 Å². The summed E-state index contributed by atoms with van der Waals surface area (Å²) in [6.07, 6.45) is 1.49. The molecular weight excluding hydrogens is 368 g/mol. The summed E-state index contributed by atoms with van der Waals surface area (Å²) in [5.41, 5.74) is 0.543. The molecule has 9 heteroatoms. The largest absolute Gasteiger partial charge is 0.481 e. The van der Waals surface area contributed by atoms with Gasteiger partial charge in [0, 0.05) is 26.7 Å². The van der Waals surface area contributed by atoms with E-state index in [4.69, 9.17) is 9.84 Å². The van der Waals surface area contributed by atoms with Crippen molar-refractivity contribution in [2.24, 2.45) is 0 Å². The second kappa shape index (κ2) is 8.11. The maximum Gasteiger partial charge on any atom is 0.321 e. The molecule has 2 heterocycles. The topological polar surface area (TPSA) is 95.0 Å². The molecule has 2 N–H and O–H groups in total. The molecule has 8 nitrogen and oxygen atoms in total. The Kier molecular flexibility index (Phi) is 6.17. The van der Waals surface area contributed by atoms with Crippen LogP contribution in [0.5, 0.6) is 0 Å². The van der Waals surface area contributed by atoms with Gasteiger partial charge in [0.15, 0.2) is 0 Å². The molecule has 0 bridgehead atoms. The van der Waals surface area contributed by atoms with E-state index < -0.39 is 5.97 Å². The fourth-order valence-corrected chi connectivity index (χ4v) is 2.69. The summed E-state index contributed by atoms with van der Waals surface area (Å²) in [7, 11) is 1.54. The minimum absolute atomic E-state index is 0.0954. The number of anilines is 2. The zero-order valence-electron chi connectivity index (χ0n) is 12.8. The van der Waals surface area contributed by atoms with E-state index in [1.54, 1.807) is 19.3 Å². The van der Waals surface area contributed by atoms with Gasteiger partial charge in [-0.15, -0.1) is 0 Å². The standard InChI is InChI=1S/C14H19BrN4O4/c1-18(3-2-12(20)21)14(22)17-10-8-11(15)13(16-9-10)19-4-6-23-7-5-19/h8-9H,2-7H2,1H3,(H,17,22)(H,20,21). The third kappa shape index (κ3) is 5.07. The number of amides is 2. The molecule has 1 aliphatic rings. The number of rotatable bonds is 5. The van der Waals surface area contributed by atoms with Crippen LogP contribution in [0.3, 0.4) is 0 Å². The number of nitrogens with one attached hydrogen (secondary N) is 1. The first-order valence-electron chi connectivity index (χ1n) is 7.19. The van der Waals surface area contributed by atoms with E-state index >= 15 is 0 Å². The summed E-state index contributed by atoms with van der Waals surface area (Å²) in [5.74, 6) is -0.130. The van der Waals surface area contributed by atoms with E-state index in [-0.39, 0.29) is 19.0 Å². The van der Waals surface area contributed by atoms with Crippen molar-refractivity contribution in [2.45, 2.75) is 6.42 Å². The van der Waals surface area contributed by atoms with Crippen molar-refractivity contribution in [1.29, 1.82) is 0 Å².